The van der Waals surface area contributed by atoms with E-state index in [0.29, 0.717) is 11.3 Å². The molecule has 0 bridgehead atoms. The highest BCUT2D eigenvalue weighted by molar-refractivity contribution is 9.10. The molecule has 0 aliphatic rings. The van der Waals surface area contributed by atoms with Crippen LogP contribution in [-0.2, 0) is 0 Å². The number of hydrogen-bond acceptors (Lipinski definition) is 1. The van der Waals surface area contributed by atoms with E-state index < -0.39 is 18.6 Å². The van der Waals surface area contributed by atoms with Gasteiger partial charge in [0.25, 0.3) is 0 Å². The molecular weight excluding hydrogens is 331 g/mol. The third kappa shape index (κ3) is 4.56. The van der Waals surface area contributed by atoms with E-state index >= 15 is 0 Å². The van der Waals surface area contributed by atoms with E-state index in [2.05, 4.69) is 21.2 Å². The lowest BCUT2D eigenvalue weighted by Crippen LogP contribution is -2.20. The zero-order valence-electron chi connectivity index (χ0n) is 10.5. The average Bonchev–Trinajstić information content (AvgIpc) is 2.37. The van der Waals surface area contributed by atoms with Gasteiger partial charge in [-0.2, -0.15) is 13.2 Å². The van der Waals surface area contributed by atoms with Crippen LogP contribution in [-0.4, -0.2) is 6.18 Å². The Bertz CT molecular complexity index is 555. The minimum absolute atomic E-state index is 0.616. The molecule has 1 atom stereocenters. The van der Waals surface area contributed by atoms with Crippen LogP contribution in [0.4, 0.5) is 18.9 Å². The van der Waals surface area contributed by atoms with Gasteiger partial charge in [-0.15, -0.1) is 0 Å². The van der Waals surface area contributed by atoms with Gasteiger partial charge in [0.05, 0.1) is 12.5 Å². The maximum atomic E-state index is 12.7. The standard InChI is InChI=1S/C15H13BrF3N/c16-12-7-4-8-13(9-12)20-14(10-15(17,18)19)11-5-2-1-3-6-11/h1-9,14,20H,10H2. The molecule has 2 rings (SSSR count). The van der Waals surface area contributed by atoms with Crippen LogP contribution < -0.4 is 5.32 Å². The van der Waals surface area contributed by atoms with Gasteiger partial charge < -0.3 is 5.32 Å². The van der Waals surface area contributed by atoms with Crippen LogP contribution in [0.3, 0.4) is 0 Å². The Balaban J connectivity index is 2.23. The van der Waals surface area contributed by atoms with Gasteiger partial charge in [0.2, 0.25) is 0 Å². The molecule has 20 heavy (non-hydrogen) atoms. The van der Waals surface area contributed by atoms with Crippen molar-refractivity contribution in [2.45, 2.75) is 18.6 Å². The first-order valence-electron chi connectivity index (χ1n) is 6.08. The Labute approximate surface area is 123 Å². The molecule has 1 unspecified atom stereocenters. The molecule has 0 saturated carbocycles. The Morgan fingerprint density at radius 3 is 2.30 bits per heavy atom. The molecule has 5 heteroatoms. The largest absolute Gasteiger partial charge is 0.391 e. The summed E-state index contributed by atoms with van der Waals surface area (Å²) >= 11 is 3.31. The molecule has 2 aromatic carbocycles. The first-order valence-corrected chi connectivity index (χ1v) is 6.87. The molecule has 0 radical (unpaired) electrons. The Hall–Kier alpha value is -1.49. The molecule has 106 valence electrons. The van der Waals surface area contributed by atoms with E-state index in [1.807, 2.05) is 6.07 Å². The van der Waals surface area contributed by atoms with Crippen LogP contribution in [0.1, 0.15) is 18.0 Å². The highest BCUT2D eigenvalue weighted by Crippen LogP contribution is 2.32. The van der Waals surface area contributed by atoms with E-state index in [1.54, 1.807) is 48.5 Å². The fourth-order valence-electron chi connectivity index (χ4n) is 1.95. The predicted octanol–water partition coefficient (Wildman–Crippen LogP) is 5.55. The number of alkyl halides is 3. The van der Waals surface area contributed by atoms with Crippen molar-refractivity contribution in [2.75, 3.05) is 5.32 Å². The second-order valence-corrected chi connectivity index (χ2v) is 5.35. The summed E-state index contributed by atoms with van der Waals surface area (Å²) in [5.74, 6) is 0. The smallest absolute Gasteiger partial charge is 0.378 e. The number of anilines is 1. The number of rotatable bonds is 4. The van der Waals surface area contributed by atoms with Crippen molar-refractivity contribution in [3.8, 4) is 0 Å². The van der Waals surface area contributed by atoms with Crippen LogP contribution in [0.25, 0.3) is 0 Å². The number of halogens is 4. The van der Waals surface area contributed by atoms with Gasteiger partial charge in [-0.1, -0.05) is 52.3 Å². The molecule has 0 heterocycles. The Morgan fingerprint density at radius 1 is 1.00 bits per heavy atom. The summed E-state index contributed by atoms with van der Waals surface area (Å²) in [7, 11) is 0. The predicted molar refractivity (Wildman–Crippen MR) is 77.6 cm³/mol. The first-order chi connectivity index (χ1) is 9.44. The fourth-order valence-corrected chi connectivity index (χ4v) is 2.35. The average molecular weight is 344 g/mol. The van der Waals surface area contributed by atoms with Gasteiger partial charge in [-0.05, 0) is 23.8 Å². The van der Waals surface area contributed by atoms with E-state index in [9.17, 15) is 13.2 Å². The highest BCUT2D eigenvalue weighted by Gasteiger charge is 2.32. The van der Waals surface area contributed by atoms with E-state index in [4.69, 9.17) is 0 Å². The van der Waals surface area contributed by atoms with Gasteiger partial charge in [0.1, 0.15) is 0 Å². The zero-order valence-corrected chi connectivity index (χ0v) is 12.1. The summed E-state index contributed by atoms with van der Waals surface area (Å²) in [6, 6.07) is 15.0. The van der Waals surface area contributed by atoms with Crippen molar-refractivity contribution in [3.05, 3.63) is 64.6 Å². The Morgan fingerprint density at radius 2 is 1.70 bits per heavy atom. The van der Waals surface area contributed by atoms with Crippen molar-refractivity contribution >= 4 is 21.6 Å². The molecule has 2 aromatic rings. The lowest BCUT2D eigenvalue weighted by atomic mass is 10.0. The first kappa shape index (κ1) is 14.9. The van der Waals surface area contributed by atoms with Crippen LogP contribution in [0.2, 0.25) is 0 Å². The summed E-state index contributed by atoms with van der Waals surface area (Å²) in [6.07, 6.45) is -5.14. The molecule has 0 saturated heterocycles. The molecule has 0 spiro atoms. The van der Waals surface area contributed by atoms with Crippen molar-refractivity contribution < 1.29 is 13.2 Å². The van der Waals surface area contributed by atoms with Crippen molar-refractivity contribution in [2.24, 2.45) is 0 Å². The summed E-state index contributed by atoms with van der Waals surface area (Å²) < 4.78 is 39.0. The number of hydrogen-bond donors (Lipinski definition) is 1. The molecule has 1 nitrogen and oxygen atoms in total. The van der Waals surface area contributed by atoms with Crippen LogP contribution in [0.15, 0.2) is 59.1 Å². The second kappa shape index (κ2) is 6.31. The van der Waals surface area contributed by atoms with Crippen molar-refractivity contribution in [1.29, 1.82) is 0 Å². The van der Waals surface area contributed by atoms with Crippen LogP contribution >= 0.6 is 15.9 Å². The number of nitrogens with one attached hydrogen (secondary N) is 1. The molecule has 1 N–H and O–H groups in total. The summed E-state index contributed by atoms with van der Waals surface area (Å²) in [5.41, 5.74) is 1.27. The van der Waals surface area contributed by atoms with Gasteiger partial charge >= 0.3 is 6.18 Å². The van der Waals surface area contributed by atoms with E-state index in [0.717, 1.165) is 4.47 Å². The van der Waals surface area contributed by atoms with Gasteiger partial charge in [-0.3, -0.25) is 0 Å². The minimum atomic E-state index is -4.22. The topological polar surface area (TPSA) is 12.0 Å². The van der Waals surface area contributed by atoms with Crippen molar-refractivity contribution in [1.82, 2.24) is 0 Å². The van der Waals surface area contributed by atoms with Crippen LogP contribution in [0.5, 0.6) is 0 Å². The number of benzene rings is 2. The second-order valence-electron chi connectivity index (χ2n) is 4.44. The lowest BCUT2D eigenvalue weighted by molar-refractivity contribution is -0.137. The normalized spacial score (nSPS) is 13.0. The minimum Gasteiger partial charge on any atom is -0.378 e. The lowest BCUT2D eigenvalue weighted by Gasteiger charge is -2.22. The quantitative estimate of drug-likeness (QED) is 0.766. The van der Waals surface area contributed by atoms with Gasteiger partial charge in [0, 0.05) is 10.2 Å². The maximum Gasteiger partial charge on any atom is 0.391 e. The third-order valence-electron chi connectivity index (χ3n) is 2.80. The van der Waals surface area contributed by atoms with E-state index in [1.165, 1.54) is 0 Å². The van der Waals surface area contributed by atoms with Crippen molar-refractivity contribution in [3.63, 3.8) is 0 Å². The highest BCUT2D eigenvalue weighted by atomic mass is 79.9. The SMILES string of the molecule is FC(F)(F)CC(Nc1cccc(Br)c1)c1ccccc1. The Kier molecular flexibility index (Phi) is 4.70. The fraction of sp³-hybridized carbons (Fsp3) is 0.200. The summed E-state index contributed by atoms with van der Waals surface area (Å²) in [5, 5.41) is 2.94. The summed E-state index contributed by atoms with van der Waals surface area (Å²) in [4.78, 5) is 0. The molecule has 0 aliphatic carbocycles. The molecule has 0 amide bonds. The molecule has 0 fully saturated rings. The zero-order chi connectivity index (χ0) is 14.6. The summed E-state index contributed by atoms with van der Waals surface area (Å²) in [6.45, 7) is 0. The molecule has 0 aliphatic heterocycles. The van der Waals surface area contributed by atoms with Crippen LogP contribution in [0, 0.1) is 0 Å². The third-order valence-corrected chi connectivity index (χ3v) is 3.30. The van der Waals surface area contributed by atoms with Gasteiger partial charge in [0.15, 0.2) is 0 Å². The molecule has 0 aromatic heterocycles. The monoisotopic (exact) mass is 343 g/mol. The van der Waals surface area contributed by atoms with Gasteiger partial charge in [-0.25, -0.2) is 0 Å². The molecular formula is C15H13BrF3N. The maximum absolute atomic E-state index is 12.7. The van der Waals surface area contributed by atoms with E-state index in [-0.39, 0.29) is 0 Å².